The van der Waals surface area contributed by atoms with Crippen LogP contribution in [0.1, 0.15) is 19.4 Å². The monoisotopic (exact) mass is 336 g/mol. The molecule has 1 rings (SSSR count). The lowest BCUT2D eigenvalue weighted by Crippen LogP contribution is -2.30. The summed E-state index contributed by atoms with van der Waals surface area (Å²) in [5, 5.41) is 14.9. The van der Waals surface area contributed by atoms with Gasteiger partial charge in [-0.05, 0) is 57.3 Å². The van der Waals surface area contributed by atoms with E-state index in [9.17, 15) is 0 Å². The topological polar surface area (TPSA) is 72.8 Å². The fourth-order valence-corrected chi connectivity index (χ4v) is 1.49. The number of hydrogen-bond donors (Lipinski definition) is 4. The second-order valence-electron chi connectivity index (χ2n) is 4.52. The van der Waals surface area contributed by atoms with Crippen molar-refractivity contribution in [1.82, 2.24) is 16.2 Å². The first-order chi connectivity index (χ1) is 10.4. The minimum Gasteiger partial charge on any atom is -0.364 e. The van der Waals surface area contributed by atoms with Crippen LogP contribution >= 0.6 is 24.4 Å². The number of hydrogen-bond acceptors (Lipinski definition) is 4. The minimum atomic E-state index is 0.412. The molecule has 118 valence electrons. The van der Waals surface area contributed by atoms with Gasteiger partial charge in [0.15, 0.2) is 10.2 Å². The van der Waals surface area contributed by atoms with Crippen molar-refractivity contribution in [3.05, 3.63) is 29.8 Å². The summed E-state index contributed by atoms with van der Waals surface area (Å²) < 4.78 is 0. The Labute approximate surface area is 141 Å². The van der Waals surface area contributed by atoms with Crippen LogP contribution in [0.2, 0.25) is 0 Å². The van der Waals surface area contributed by atoms with Crippen LogP contribution in [0.5, 0.6) is 0 Å². The molecule has 1 aromatic rings. The largest absolute Gasteiger partial charge is 0.364 e. The Balaban J connectivity index is 2.53. The van der Waals surface area contributed by atoms with E-state index in [4.69, 9.17) is 24.4 Å². The van der Waals surface area contributed by atoms with Gasteiger partial charge in [0.05, 0.1) is 11.4 Å². The van der Waals surface area contributed by atoms with Gasteiger partial charge < -0.3 is 10.6 Å². The van der Waals surface area contributed by atoms with Crippen LogP contribution in [0.3, 0.4) is 0 Å². The van der Waals surface area contributed by atoms with Crippen molar-refractivity contribution in [3.63, 3.8) is 0 Å². The molecule has 0 aliphatic rings. The molecule has 0 amide bonds. The Morgan fingerprint density at radius 3 is 1.91 bits per heavy atom. The van der Waals surface area contributed by atoms with Crippen molar-refractivity contribution >= 4 is 51.8 Å². The van der Waals surface area contributed by atoms with E-state index >= 15 is 0 Å². The highest BCUT2D eigenvalue weighted by molar-refractivity contribution is 7.80. The lowest BCUT2D eigenvalue weighted by Gasteiger charge is -2.08. The maximum atomic E-state index is 5.18. The predicted octanol–water partition coefficient (Wildman–Crippen LogP) is 2.13. The van der Waals surface area contributed by atoms with Crippen LogP contribution < -0.4 is 21.5 Å². The highest BCUT2D eigenvalue weighted by atomic mass is 32.1. The zero-order valence-corrected chi connectivity index (χ0v) is 14.7. The van der Waals surface area contributed by atoms with E-state index in [1.165, 1.54) is 5.56 Å². The molecule has 0 aromatic heterocycles. The van der Waals surface area contributed by atoms with Crippen molar-refractivity contribution < 1.29 is 0 Å². The molecule has 8 heteroatoms. The molecule has 6 nitrogen and oxygen atoms in total. The SMILES string of the molecule is CNC(=S)N/N=C(C)\C(C)=N/NC(=S)Nc1ccc(C)cc1. The molecule has 0 spiro atoms. The van der Waals surface area contributed by atoms with Crippen LogP contribution in [0.25, 0.3) is 0 Å². The van der Waals surface area contributed by atoms with E-state index in [-0.39, 0.29) is 0 Å². The molecule has 0 saturated carbocycles. The molecule has 0 aliphatic carbocycles. The molecular weight excluding hydrogens is 316 g/mol. The highest BCUT2D eigenvalue weighted by Crippen LogP contribution is 2.08. The third-order valence-electron chi connectivity index (χ3n) is 2.71. The molecule has 0 aliphatic heterocycles. The number of hydrazone groups is 2. The molecule has 22 heavy (non-hydrogen) atoms. The summed E-state index contributed by atoms with van der Waals surface area (Å²) in [6.45, 7) is 5.68. The summed E-state index contributed by atoms with van der Waals surface area (Å²) in [6, 6.07) is 7.92. The Bertz CT molecular complexity index is 592. The molecule has 0 bridgehead atoms. The molecular formula is C14H20N6S2. The molecule has 0 saturated heterocycles. The number of anilines is 1. The van der Waals surface area contributed by atoms with E-state index in [1.54, 1.807) is 7.05 Å². The standard InChI is InChI=1S/C14H20N6S2/c1-9-5-7-12(8-6-9)16-14(22)20-18-11(3)10(2)17-19-13(21)15-4/h5-8H,1-4H3,(H2,15,19,21)(H2,16,20,22)/b17-10-,18-11-. The second-order valence-corrected chi connectivity index (χ2v) is 5.33. The maximum Gasteiger partial charge on any atom is 0.191 e. The first kappa shape index (κ1) is 18.0. The third kappa shape index (κ3) is 6.59. The van der Waals surface area contributed by atoms with Gasteiger partial charge in [0.2, 0.25) is 0 Å². The number of nitrogens with one attached hydrogen (secondary N) is 4. The Morgan fingerprint density at radius 2 is 1.41 bits per heavy atom. The van der Waals surface area contributed by atoms with E-state index in [1.807, 2.05) is 45.0 Å². The van der Waals surface area contributed by atoms with Crippen molar-refractivity contribution in [2.75, 3.05) is 12.4 Å². The van der Waals surface area contributed by atoms with Crippen LogP contribution in [-0.2, 0) is 0 Å². The van der Waals surface area contributed by atoms with Crippen molar-refractivity contribution in [2.45, 2.75) is 20.8 Å². The van der Waals surface area contributed by atoms with Gasteiger partial charge in [-0.25, -0.2) is 0 Å². The Kier molecular flexibility index (Phi) is 7.41. The number of nitrogens with zero attached hydrogens (tertiary/aromatic N) is 2. The quantitative estimate of drug-likeness (QED) is 0.383. The second kappa shape index (κ2) is 9.06. The predicted molar refractivity (Wildman–Crippen MR) is 102 cm³/mol. The lowest BCUT2D eigenvalue weighted by atomic mass is 10.2. The molecule has 0 atom stereocenters. The summed E-state index contributed by atoms with van der Waals surface area (Å²) in [4.78, 5) is 0. The summed E-state index contributed by atoms with van der Waals surface area (Å²) in [7, 11) is 1.72. The number of benzene rings is 1. The Hall–Kier alpha value is -2.06. The number of thiocarbonyl (C=S) groups is 2. The van der Waals surface area contributed by atoms with Gasteiger partial charge in [-0.1, -0.05) is 17.7 Å². The zero-order chi connectivity index (χ0) is 16.5. The molecule has 4 N–H and O–H groups in total. The summed E-state index contributed by atoms with van der Waals surface area (Å²) in [5.41, 5.74) is 8.96. The first-order valence-electron chi connectivity index (χ1n) is 6.62. The van der Waals surface area contributed by atoms with Gasteiger partial charge in [-0.2, -0.15) is 10.2 Å². The smallest absolute Gasteiger partial charge is 0.191 e. The van der Waals surface area contributed by atoms with Crippen molar-refractivity contribution in [2.24, 2.45) is 10.2 Å². The van der Waals surface area contributed by atoms with Crippen LogP contribution in [-0.4, -0.2) is 28.7 Å². The van der Waals surface area contributed by atoms with Gasteiger partial charge in [-0.15, -0.1) is 0 Å². The molecule has 0 radical (unpaired) electrons. The van der Waals surface area contributed by atoms with E-state index in [2.05, 4.69) is 31.7 Å². The van der Waals surface area contributed by atoms with Gasteiger partial charge in [0, 0.05) is 12.7 Å². The van der Waals surface area contributed by atoms with Crippen molar-refractivity contribution in [1.29, 1.82) is 0 Å². The normalized spacial score (nSPS) is 11.6. The van der Waals surface area contributed by atoms with E-state index in [0.717, 1.165) is 5.69 Å². The highest BCUT2D eigenvalue weighted by Gasteiger charge is 2.00. The Morgan fingerprint density at radius 1 is 0.909 bits per heavy atom. The maximum absolute atomic E-state index is 5.18. The lowest BCUT2D eigenvalue weighted by molar-refractivity contribution is 0.974. The van der Waals surface area contributed by atoms with Crippen LogP contribution in [0, 0.1) is 6.92 Å². The number of rotatable bonds is 4. The minimum absolute atomic E-state index is 0.412. The van der Waals surface area contributed by atoms with E-state index in [0.29, 0.717) is 21.6 Å². The fourth-order valence-electron chi connectivity index (χ4n) is 1.28. The number of aryl methyl sites for hydroxylation is 1. The fraction of sp³-hybridized carbons (Fsp3) is 0.286. The van der Waals surface area contributed by atoms with Crippen LogP contribution in [0.15, 0.2) is 34.5 Å². The third-order valence-corrected chi connectivity index (χ3v) is 3.20. The van der Waals surface area contributed by atoms with Gasteiger partial charge >= 0.3 is 0 Å². The average molecular weight is 336 g/mol. The van der Waals surface area contributed by atoms with Crippen molar-refractivity contribution in [3.8, 4) is 0 Å². The average Bonchev–Trinajstić information content (AvgIpc) is 2.52. The first-order valence-corrected chi connectivity index (χ1v) is 7.44. The molecule has 0 unspecified atom stereocenters. The molecule has 0 fully saturated rings. The van der Waals surface area contributed by atoms with Crippen LogP contribution in [0.4, 0.5) is 5.69 Å². The summed E-state index contributed by atoms with van der Waals surface area (Å²) in [5.74, 6) is 0. The van der Waals surface area contributed by atoms with E-state index < -0.39 is 0 Å². The summed E-state index contributed by atoms with van der Waals surface area (Å²) >= 11 is 10.1. The van der Waals surface area contributed by atoms with Gasteiger partial charge in [-0.3, -0.25) is 10.9 Å². The van der Waals surface area contributed by atoms with Gasteiger partial charge in [0.25, 0.3) is 0 Å². The summed E-state index contributed by atoms with van der Waals surface area (Å²) in [6.07, 6.45) is 0. The molecule has 1 aromatic carbocycles. The van der Waals surface area contributed by atoms with Gasteiger partial charge in [0.1, 0.15) is 0 Å². The molecule has 0 heterocycles. The zero-order valence-electron chi connectivity index (χ0n) is 13.0.